The van der Waals surface area contributed by atoms with Gasteiger partial charge in [-0.25, -0.2) is 4.98 Å². The van der Waals surface area contributed by atoms with Gasteiger partial charge in [-0.2, -0.15) is 10.2 Å². The van der Waals surface area contributed by atoms with Crippen molar-refractivity contribution in [2.75, 3.05) is 46.2 Å². The second-order valence-corrected chi connectivity index (χ2v) is 9.32. The fourth-order valence-electron chi connectivity index (χ4n) is 4.33. The summed E-state index contributed by atoms with van der Waals surface area (Å²) in [5.41, 5.74) is 1.63. The molecule has 0 aliphatic carbocycles. The van der Waals surface area contributed by atoms with Crippen molar-refractivity contribution in [3.05, 3.63) is 53.3 Å². The average molecular weight is 512 g/mol. The van der Waals surface area contributed by atoms with Crippen LogP contribution in [-0.2, 0) is 4.79 Å². The van der Waals surface area contributed by atoms with Crippen molar-refractivity contribution in [2.24, 2.45) is 0 Å². The number of fused-ring (bicyclic) bond motifs is 1. The molecule has 0 spiro atoms. The number of likely N-dealkylation sites (tertiary alicyclic amines) is 1. The lowest BCUT2D eigenvalue weighted by Gasteiger charge is -2.26. The van der Waals surface area contributed by atoms with Gasteiger partial charge in [0.1, 0.15) is 10.8 Å². The highest BCUT2D eigenvalue weighted by Gasteiger charge is 2.28. The largest absolute Gasteiger partial charge is 0.495 e. The van der Waals surface area contributed by atoms with Crippen LogP contribution in [0.3, 0.4) is 0 Å². The van der Waals surface area contributed by atoms with Crippen LogP contribution in [0.4, 0.5) is 5.95 Å². The van der Waals surface area contributed by atoms with E-state index in [0.29, 0.717) is 53.0 Å². The van der Waals surface area contributed by atoms with Crippen molar-refractivity contribution in [1.29, 1.82) is 0 Å². The predicted octanol–water partition coefficient (Wildman–Crippen LogP) is 3.41. The number of amides is 2. The Hall–Kier alpha value is -3.50. The zero-order valence-corrected chi connectivity index (χ0v) is 21.4. The Morgan fingerprint density at radius 1 is 1.25 bits per heavy atom. The number of rotatable bonds is 7. The molecule has 1 fully saturated rings. The van der Waals surface area contributed by atoms with Gasteiger partial charge in [-0.05, 0) is 51.6 Å². The first-order valence-corrected chi connectivity index (χ1v) is 12.2. The molecular formula is C25H30ClN7O3. The summed E-state index contributed by atoms with van der Waals surface area (Å²) >= 11 is 6.76. The van der Waals surface area contributed by atoms with E-state index in [0.717, 1.165) is 19.3 Å². The molecular weight excluding hydrogens is 482 g/mol. The standard InChI is InChI=1S/C25H30ClN7O3/c1-31(2)13-6-8-21(34)32-14-5-4-7-18(16-32)33-23-19(9-10-20(36-3)22(23)26)29-25(33)30-24(35)17-11-12-27-28-15-17/h6,8-12,15,18H,4-5,7,13-14,16H2,1-3H3,(H,29,30,35)/b8-6+. The number of benzene rings is 1. The Morgan fingerprint density at radius 3 is 2.81 bits per heavy atom. The highest BCUT2D eigenvalue weighted by molar-refractivity contribution is 6.36. The number of methoxy groups -OCH3 is 1. The number of anilines is 1. The summed E-state index contributed by atoms with van der Waals surface area (Å²) in [6.07, 6.45) is 8.94. The number of hydrogen-bond donors (Lipinski definition) is 1. The maximum absolute atomic E-state index is 13.0. The van der Waals surface area contributed by atoms with Crippen molar-refractivity contribution < 1.29 is 14.3 Å². The molecule has 2 aromatic heterocycles. The smallest absolute Gasteiger partial charge is 0.259 e. The van der Waals surface area contributed by atoms with Crippen molar-refractivity contribution >= 4 is 40.4 Å². The monoisotopic (exact) mass is 511 g/mol. The maximum Gasteiger partial charge on any atom is 0.259 e. The van der Waals surface area contributed by atoms with E-state index in [-0.39, 0.29) is 17.9 Å². The molecule has 10 nitrogen and oxygen atoms in total. The number of carbonyl (C=O) groups is 2. The third-order valence-corrected chi connectivity index (χ3v) is 6.47. The third-order valence-electron chi connectivity index (χ3n) is 6.10. The molecule has 36 heavy (non-hydrogen) atoms. The van der Waals surface area contributed by atoms with Gasteiger partial charge < -0.3 is 19.1 Å². The molecule has 0 bridgehead atoms. The van der Waals surface area contributed by atoms with Crippen LogP contribution in [0.25, 0.3) is 11.0 Å². The zero-order valence-electron chi connectivity index (χ0n) is 20.6. The minimum atomic E-state index is -0.363. The number of aromatic nitrogens is 4. The summed E-state index contributed by atoms with van der Waals surface area (Å²) in [6.45, 7) is 1.81. The van der Waals surface area contributed by atoms with Crippen LogP contribution in [0.5, 0.6) is 5.75 Å². The minimum Gasteiger partial charge on any atom is -0.495 e. The van der Waals surface area contributed by atoms with Gasteiger partial charge >= 0.3 is 0 Å². The Labute approximate surface area is 214 Å². The van der Waals surface area contributed by atoms with Gasteiger partial charge in [-0.3, -0.25) is 14.9 Å². The van der Waals surface area contributed by atoms with Crippen LogP contribution in [-0.4, -0.2) is 82.2 Å². The van der Waals surface area contributed by atoms with Crippen molar-refractivity contribution in [1.82, 2.24) is 29.5 Å². The van der Waals surface area contributed by atoms with Crippen molar-refractivity contribution in [2.45, 2.75) is 25.3 Å². The highest BCUT2D eigenvalue weighted by atomic mass is 35.5. The third kappa shape index (κ3) is 5.66. The molecule has 1 saturated heterocycles. The Balaban J connectivity index is 1.73. The Bertz CT molecular complexity index is 1260. The van der Waals surface area contributed by atoms with Gasteiger partial charge in [0.15, 0.2) is 0 Å². The van der Waals surface area contributed by atoms with Crippen LogP contribution in [0.15, 0.2) is 42.7 Å². The van der Waals surface area contributed by atoms with Gasteiger partial charge in [-0.1, -0.05) is 17.7 Å². The van der Waals surface area contributed by atoms with Gasteiger partial charge in [0.25, 0.3) is 5.91 Å². The zero-order chi connectivity index (χ0) is 25.7. The maximum atomic E-state index is 13.0. The molecule has 190 valence electrons. The molecule has 11 heteroatoms. The summed E-state index contributed by atoms with van der Waals surface area (Å²) in [7, 11) is 5.46. The molecule has 1 aliphatic heterocycles. The van der Waals surface area contributed by atoms with E-state index in [1.807, 2.05) is 40.6 Å². The summed E-state index contributed by atoms with van der Waals surface area (Å²) in [5, 5.41) is 10.8. The molecule has 3 heterocycles. The van der Waals surface area contributed by atoms with E-state index in [1.54, 1.807) is 25.3 Å². The van der Waals surface area contributed by atoms with Crippen LogP contribution in [0.1, 0.15) is 35.7 Å². The normalized spacial score (nSPS) is 16.5. The second kappa shape index (κ2) is 11.5. The molecule has 1 N–H and O–H groups in total. The average Bonchev–Trinajstić information content (AvgIpc) is 3.05. The number of imidazole rings is 1. The lowest BCUT2D eigenvalue weighted by molar-refractivity contribution is -0.126. The second-order valence-electron chi connectivity index (χ2n) is 8.94. The fourth-order valence-corrected chi connectivity index (χ4v) is 4.66. The van der Waals surface area contributed by atoms with Gasteiger partial charge in [-0.15, -0.1) is 0 Å². The number of likely N-dealkylation sites (N-methyl/N-ethyl adjacent to an activating group) is 1. The molecule has 3 aromatic rings. The van der Waals surface area contributed by atoms with Crippen molar-refractivity contribution in [3.63, 3.8) is 0 Å². The van der Waals surface area contributed by atoms with E-state index in [9.17, 15) is 9.59 Å². The van der Waals surface area contributed by atoms with Crippen LogP contribution < -0.4 is 10.1 Å². The topological polar surface area (TPSA) is 105 Å². The van der Waals surface area contributed by atoms with Gasteiger partial charge in [0.2, 0.25) is 11.9 Å². The highest BCUT2D eigenvalue weighted by Crippen LogP contribution is 2.38. The number of carbonyl (C=O) groups excluding carboxylic acids is 2. The van der Waals surface area contributed by atoms with Gasteiger partial charge in [0, 0.05) is 25.7 Å². The lowest BCUT2D eigenvalue weighted by Crippen LogP contribution is -2.34. The summed E-state index contributed by atoms with van der Waals surface area (Å²) < 4.78 is 7.38. The first kappa shape index (κ1) is 25.6. The first-order valence-electron chi connectivity index (χ1n) is 11.8. The molecule has 0 radical (unpaired) electrons. The molecule has 1 aromatic carbocycles. The molecule has 4 rings (SSSR count). The van der Waals surface area contributed by atoms with E-state index < -0.39 is 0 Å². The van der Waals surface area contributed by atoms with E-state index >= 15 is 0 Å². The lowest BCUT2D eigenvalue weighted by atomic mass is 10.1. The van der Waals surface area contributed by atoms with E-state index in [4.69, 9.17) is 21.3 Å². The minimum absolute atomic E-state index is 0.0368. The number of nitrogens with zero attached hydrogens (tertiary/aromatic N) is 6. The summed E-state index contributed by atoms with van der Waals surface area (Å²) in [5.74, 6) is 0.460. The fraction of sp³-hybridized carbons (Fsp3) is 0.400. The first-order chi connectivity index (χ1) is 17.4. The Morgan fingerprint density at radius 2 is 2.08 bits per heavy atom. The van der Waals surface area contributed by atoms with Crippen LogP contribution >= 0.6 is 11.6 Å². The molecule has 2 amide bonds. The molecule has 1 aliphatic rings. The number of ether oxygens (including phenoxy) is 1. The van der Waals surface area contributed by atoms with Crippen LogP contribution in [0.2, 0.25) is 5.02 Å². The number of nitrogens with one attached hydrogen (secondary N) is 1. The quantitative estimate of drug-likeness (QED) is 0.484. The SMILES string of the molecule is COc1ccc2nc(NC(=O)c3ccnnc3)n(C3CCCCN(C(=O)/C=C/CN(C)C)C3)c2c1Cl. The van der Waals surface area contributed by atoms with E-state index in [2.05, 4.69) is 15.5 Å². The number of halogens is 1. The summed E-state index contributed by atoms with van der Waals surface area (Å²) in [6, 6.07) is 4.99. The Kier molecular flexibility index (Phi) is 8.17. The molecule has 1 atom stereocenters. The predicted molar refractivity (Wildman–Crippen MR) is 138 cm³/mol. The van der Waals surface area contributed by atoms with Crippen LogP contribution in [0, 0.1) is 0 Å². The van der Waals surface area contributed by atoms with Gasteiger partial charge in [0.05, 0.1) is 42.1 Å². The molecule has 0 saturated carbocycles. The van der Waals surface area contributed by atoms with E-state index in [1.165, 1.54) is 12.4 Å². The molecule has 1 unspecified atom stereocenters. The number of hydrogen-bond acceptors (Lipinski definition) is 7. The summed E-state index contributed by atoms with van der Waals surface area (Å²) in [4.78, 5) is 34.5. The van der Waals surface area contributed by atoms with Crippen molar-refractivity contribution in [3.8, 4) is 5.75 Å².